The SMILES string of the molecule is O=C(CCn1ccccc1=O)NCc1cccnc1Oc1cccc(F)c1. The molecule has 0 radical (unpaired) electrons. The molecule has 0 aliphatic rings. The number of carbonyl (C=O) groups is 1. The van der Waals surface area contributed by atoms with Gasteiger partial charge in [0.25, 0.3) is 5.56 Å². The first-order valence-electron chi connectivity index (χ1n) is 8.41. The van der Waals surface area contributed by atoms with Gasteiger partial charge in [-0.2, -0.15) is 0 Å². The molecule has 0 aliphatic carbocycles. The number of nitrogens with one attached hydrogen (secondary N) is 1. The lowest BCUT2D eigenvalue weighted by Gasteiger charge is -2.11. The summed E-state index contributed by atoms with van der Waals surface area (Å²) in [5.41, 5.74) is 0.510. The Morgan fingerprint density at radius 1 is 1.15 bits per heavy atom. The molecule has 0 aliphatic heterocycles. The second-order valence-electron chi connectivity index (χ2n) is 5.79. The van der Waals surface area contributed by atoms with Crippen LogP contribution in [0.15, 0.2) is 71.8 Å². The number of benzene rings is 1. The summed E-state index contributed by atoms with van der Waals surface area (Å²) in [6.45, 7) is 0.506. The summed E-state index contributed by atoms with van der Waals surface area (Å²) in [6, 6.07) is 14.1. The Hall–Kier alpha value is -3.48. The van der Waals surface area contributed by atoms with Crippen molar-refractivity contribution in [3.05, 3.63) is 88.7 Å². The molecule has 1 amide bonds. The highest BCUT2D eigenvalue weighted by molar-refractivity contribution is 5.75. The Kier molecular flexibility index (Phi) is 5.94. The molecular weight excluding hydrogens is 349 g/mol. The molecule has 27 heavy (non-hydrogen) atoms. The van der Waals surface area contributed by atoms with Crippen LogP contribution in [0, 0.1) is 5.82 Å². The van der Waals surface area contributed by atoms with Gasteiger partial charge in [-0.25, -0.2) is 9.37 Å². The number of aryl methyl sites for hydroxylation is 1. The molecule has 1 N–H and O–H groups in total. The number of hydrogen-bond donors (Lipinski definition) is 1. The van der Waals surface area contributed by atoms with Crippen molar-refractivity contribution < 1.29 is 13.9 Å². The number of nitrogens with zero attached hydrogens (tertiary/aromatic N) is 2. The van der Waals surface area contributed by atoms with Gasteiger partial charge in [0, 0.05) is 49.6 Å². The summed E-state index contributed by atoms with van der Waals surface area (Å²) in [5, 5.41) is 2.78. The maximum Gasteiger partial charge on any atom is 0.250 e. The molecule has 0 saturated heterocycles. The molecule has 0 saturated carbocycles. The standard InChI is InChI=1S/C20H18FN3O3/c21-16-6-3-7-17(13-16)27-20-15(5-4-10-22-20)14-23-18(25)9-12-24-11-2-1-8-19(24)26/h1-8,10-11,13H,9,12,14H2,(H,23,25). The van der Waals surface area contributed by atoms with Crippen molar-refractivity contribution >= 4 is 5.91 Å². The Bertz CT molecular complexity index is 988. The second-order valence-corrected chi connectivity index (χ2v) is 5.79. The molecule has 0 spiro atoms. The van der Waals surface area contributed by atoms with Crippen LogP contribution in [-0.4, -0.2) is 15.5 Å². The van der Waals surface area contributed by atoms with E-state index in [4.69, 9.17) is 4.74 Å². The lowest BCUT2D eigenvalue weighted by Crippen LogP contribution is -2.26. The minimum absolute atomic E-state index is 0.150. The molecule has 0 unspecified atom stereocenters. The summed E-state index contributed by atoms with van der Waals surface area (Å²) >= 11 is 0. The third-order valence-corrected chi connectivity index (χ3v) is 3.82. The van der Waals surface area contributed by atoms with Crippen LogP contribution in [0.4, 0.5) is 4.39 Å². The fourth-order valence-electron chi connectivity index (χ4n) is 2.44. The summed E-state index contributed by atoms with van der Waals surface area (Å²) in [5.74, 6) is 0.00755. The van der Waals surface area contributed by atoms with Crippen LogP contribution in [0.3, 0.4) is 0 Å². The highest BCUT2D eigenvalue weighted by Crippen LogP contribution is 2.23. The monoisotopic (exact) mass is 367 g/mol. The van der Waals surface area contributed by atoms with E-state index in [-0.39, 0.29) is 24.4 Å². The van der Waals surface area contributed by atoms with E-state index >= 15 is 0 Å². The number of pyridine rings is 2. The number of halogens is 1. The van der Waals surface area contributed by atoms with Crippen LogP contribution in [0.5, 0.6) is 11.6 Å². The first kappa shape index (κ1) is 18.3. The molecular formula is C20H18FN3O3. The van der Waals surface area contributed by atoms with Crippen LogP contribution >= 0.6 is 0 Å². The Balaban J connectivity index is 1.58. The first-order valence-corrected chi connectivity index (χ1v) is 8.41. The highest BCUT2D eigenvalue weighted by Gasteiger charge is 2.09. The molecule has 3 rings (SSSR count). The van der Waals surface area contributed by atoms with E-state index in [1.807, 2.05) is 0 Å². The van der Waals surface area contributed by atoms with Gasteiger partial charge in [-0.15, -0.1) is 0 Å². The normalized spacial score (nSPS) is 10.4. The third-order valence-electron chi connectivity index (χ3n) is 3.82. The van der Waals surface area contributed by atoms with E-state index in [1.54, 1.807) is 48.8 Å². The van der Waals surface area contributed by atoms with Crippen LogP contribution in [0.1, 0.15) is 12.0 Å². The van der Waals surface area contributed by atoms with Gasteiger partial charge in [0.15, 0.2) is 0 Å². The third kappa shape index (κ3) is 5.24. The molecule has 2 heterocycles. The quantitative estimate of drug-likeness (QED) is 0.697. The Labute approximate surface area is 155 Å². The number of hydrogen-bond acceptors (Lipinski definition) is 4. The zero-order valence-electron chi connectivity index (χ0n) is 14.5. The van der Waals surface area contributed by atoms with Gasteiger partial charge < -0.3 is 14.6 Å². The summed E-state index contributed by atoms with van der Waals surface area (Å²) < 4.78 is 20.4. The fraction of sp³-hybridized carbons (Fsp3) is 0.150. The van der Waals surface area contributed by atoms with Gasteiger partial charge in [0.05, 0.1) is 0 Å². The van der Waals surface area contributed by atoms with E-state index in [0.717, 1.165) is 0 Å². The van der Waals surface area contributed by atoms with Crippen molar-refractivity contribution in [2.75, 3.05) is 0 Å². The second kappa shape index (κ2) is 8.75. The van der Waals surface area contributed by atoms with Crippen molar-refractivity contribution in [3.8, 4) is 11.6 Å². The zero-order valence-corrected chi connectivity index (χ0v) is 14.5. The lowest BCUT2D eigenvalue weighted by atomic mass is 10.2. The number of ether oxygens (including phenoxy) is 1. The van der Waals surface area contributed by atoms with Crippen molar-refractivity contribution in [1.82, 2.24) is 14.9 Å². The predicted octanol–water partition coefficient (Wildman–Crippen LogP) is 2.88. The number of aromatic nitrogens is 2. The molecule has 2 aromatic heterocycles. The smallest absolute Gasteiger partial charge is 0.250 e. The molecule has 7 heteroatoms. The molecule has 0 fully saturated rings. The highest BCUT2D eigenvalue weighted by atomic mass is 19.1. The number of amides is 1. The van der Waals surface area contributed by atoms with Crippen molar-refractivity contribution in [2.24, 2.45) is 0 Å². The summed E-state index contributed by atoms with van der Waals surface area (Å²) in [7, 11) is 0. The molecule has 138 valence electrons. The zero-order chi connectivity index (χ0) is 19.1. The van der Waals surface area contributed by atoms with E-state index in [9.17, 15) is 14.0 Å². The summed E-state index contributed by atoms with van der Waals surface area (Å²) in [4.78, 5) is 27.9. The topological polar surface area (TPSA) is 73.2 Å². The molecule has 0 atom stereocenters. The number of carbonyl (C=O) groups excluding carboxylic acids is 1. The summed E-state index contributed by atoms with van der Waals surface area (Å²) in [6.07, 6.45) is 3.37. The van der Waals surface area contributed by atoms with Gasteiger partial charge in [-0.3, -0.25) is 9.59 Å². The van der Waals surface area contributed by atoms with Gasteiger partial charge >= 0.3 is 0 Å². The predicted molar refractivity (Wildman–Crippen MR) is 97.9 cm³/mol. The molecule has 6 nitrogen and oxygen atoms in total. The molecule has 0 bridgehead atoms. The van der Waals surface area contributed by atoms with Crippen LogP contribution < -0.4 is 15.6 Å². The first-order chi connectivity index (χ1) is 13.1. The average Bonchev–Trinajstić information content (AvgIpc) is 2.67. The van der Waals surface area contributed by atoms with Crippen LogP contribution in [0.2, 0.25) is 0 Å². The largest absolute Gasteiger partial charge is 0.439 e. The van der Waals surface area contributed by atoms with E-state index in [0.29, 0.717) is 23.7 Å². The van der Waals surface area contributed by atoms with Crippen LogP contribution in [-0.2, 0) is 17.9 Å². The minimum atomic E-state index is -0.408. The van der Waals surface area contributed by atoms with Gasteiger partial charge in [-0.1, -0.05) is 18.2 Å². The van der Waals surface area contributed by atoms with Gasteiger partial charge in [0.2, 0.25) is 11.8 Å². The minimum Gasteiger partial charge on any atom is -0.439 e. The number of rotatable bonds is 7. The van der Waals surface area contributed by atoms with E-state index in [1.165, 1.54) is 22.8 Å². The van der Waals surface area contributed by atoms with Crippen molar-refractivity contribution in [2.45, 2.75) is 19.5 Å². The average molecular weight is 367 g/mol. The Morgan fingerprint density at radius 3 is 2.85 bits per heavy atom. The van der Waals surface area contributed by atoms with Gasteiger partial charge in [-0.05, 0) is 24.3 Å². The maximum absolute atomic E-state index is 13.3. The Morgan fingerprint density at radius 2 is 2.04 bits per heavy atom. The maximum atomic E-state index is 13.3. The van der Waals surface area contributed by atoms with Gasteiger partial charge in [0.1, 0.15) is 11.6 Å². The van der Waals surface area contributed by atoms with Crippen LogP contribution in [0.25, 0.3) is 0 Å². The fourth-order valence-corrected chi connectivity index (χ4v) is 2.44. The van der Waals surface area contributed by atoms with Crippen molar-refractivity contribution in [1.29, 1.82) is 0 Å². The lowest BCUT2D eigenvalue weighted by molar-refractivity contribution is -0.121. The van der Waals surface area contributed by atoms with E-state index in [2.05, 4.69) is 10.3 Å². The molecule has 3 aromatic rings. The molecule has 1 aromatic carbocycles. The van der Waals surface area contributed by atoms with Crippen molar-refractivity contribution in [3.63, 3.8) is 0 Å². The van der Waals surface area contributed by atoms with E-state index < -0.39 is 5.82 Å².